The summed E-state index contributed by atoms with van der Waals surface area (Å²) in [7, 11) is -7.05. The molecule has 2 amide bonds. The van der Waals surface area contributed by atoms with E-state index in [0.717, 1.165) is 68.4 Å². The molecule has 6 atom stereocenters. The summed E-state index contributed by atoms with van der Waals surface area (Å²) < 4.78 is 56.8. The molecule has 4 aromatic rings. The number of hydrogen-bond acceptors (Lipinski definition) is 17. The Morgan fingerprint density at radius 2 is 1.59 bits per heavy atom. The molecule has 1 saturated heterocycles. The van der Waals surface area contributed by atoms with E-state index >= 15 is 0 Å². The number of nitrogens with zero attached hydrogens (tertiary/aromatic N) is 7. The molecule has 1 aliphatic carbocycles. The van der Waals surface area contributed by atoms with Crippen molar-refractivity contribution in [2.24, 2.45) is 0 Å². The Morgan fingerprint density at radius 3 is 2.32 bits per heavy atom. The van der Waals surface area contributed by atoms with Gasteiger partial charge >= 0.3 is 23.5 Å². The van der Waals surface area contributed by atoms with E-state index in [1.165, 1.54) is 17.2 Å². The first kappa shape index (κ1) is 55.7. The Labute approximate surface area is 423 Å². The van der Waals surface area contributed by atoms with Crippen LogP contribution in [-0.2, 0) is 36.4 Å². The predicted molar refractivity (Wildman–Crippen MR) is 273 cm³/mol. The van der Waals surface area contributed by atoms with E-state index in [-0.39, 0.29) is 23.9 Å². The van der Waals surface area contributed by atoms with E-state index in [1.807, 2.05) is 52.5 Å². The van der Waals surface area contributed by atoms with E-state index < -0.39 is 54.6 Å². The first-order chi connectivity index (χ1) is 34.5. The summed E-state index contributed by atoms with van der Waals surface area (Å²) in [6.07, 6.45) is 0.280. The van der Waals surface area contributed by atoms with Crippen LogP contribution in [0.4, 0.5) is 11.5 Å². The maximum Gasteiger partial charge on any atom is 0.490 e. The molecular formula is C45H59N9O15P3S+. The highest BCUT2D eigenvalue weighted by atomic mass is 32.1. The smallest absolute Gasteiger partial charge is 0.387 e. The van der Waals surface area contributed by atoms with Crippen molar-refractivity contribution in [2.75, 3.05) is 71.7 Å². The molecule has 2 aromatic heterocycles. The van der Waals surface area contributed by atoms with Crippen LogP contribution in [0.1, 0.15) is 55.1 Å². The Balaban J connectivity index is 0.841. The van der Waals surface area contributed by atoms with E-state index in [4.69, 9.17) is 14.5 Å². The van der Waals surface area contributed by atoms with Crippen molar-refractivity contribution in [3.8, 4) is 21.6 Å². The normalized spacial score (nSPS) is 18.7. The zero-order valence-electron chi connectivity index (χ0n) is 40.5. The lowest BCUT2D eigenvalue weighted by Gasteiger charge is -2.22. The van der Waals surface area contributed by atoms with Crippen molar-refractivity contribution in [1.29, 1.82) is 0 Å². The SMILES string of the molecule is CN(CCCC(=O)NCCCCCCNc1ncnc2c1ncn2[C@@H]1O[C@H](COP(=O)(O)OP(=O)(O)OP(=O)(O)O)[C@@H](O)[C@H]1O)C(=O)c1ccccc1-c1c2ccc(=[N+](C)C)cc-2sc2cc(N(C)C)ccc12. The molecule has 7 rings (SSSR count). The zero-order valence-corrected chi connectivity index (χ0v) is 44.0. The van der Waals surface area contributed by atoms with Crippen molar-refractivity contribution in [1.82, 2.24) is 34.3 Å². The van der Waals surface area contributed by atoms with Crippen LogP contribution >= 0.6 is 34.8 Å². The van der Waals surface area contributed by atoms with Crippen molar-refractivity contribution >= 4 is 79.4 Å². The Bertz CT molecular complexity index is 3150. The van der Waals surface area contributed by atoms with Crippen LogP contribution in [0.15, 0.2) is 73.3 Å². The van der Waals surface area contributed by atoms with Gasteiger partial charge in [0.1, 0.15) is 38.7 Å². The molecule has 2 aromatic carbocycles. The van der Waals surface area contributed by atoms with Gasteiger partial charge in [-0.2, -0.15) is 8.62 Å². The molecule has 3 aliphatic rings. The van der Waals surface area contributed by atoms with Gasteiger partial charge in [-0.25, -0.2) is 33.2 Å². The van der Waals surface area contributed by atoms with Gasteiger partial charge in [0.25, 0.3) is 5.91 Å². The largest absolute Gasteiger partial charge is 0.490 e. The van der Waals surface area contributed by atoms with Gasteiger partial charge < -0.3 is 55.0 Å². The number of aromatic nitrogens is 4. The van der Waals surface area contributed by atoms with E-state index in [0.29, 0.717) is 43.0 Å². The third-order valence-electron chi connectivity index (χ3n) is 11.9. The van der Waals surface area contributed by atoms with Crippen LogP contribution in [0, 0.1) is 0 Å². The summed E-state index contributed by atoms with van der Waals surface area (Å²) in [6.45, 7) is 0.435. The fraction of sp³-hybridized carbons (Fsp3) is 0.422. The number of hydrogen-bond donors (Lipinski definition) is 8. The maximum atomic E-state index is 14.1. The van der Waals surface area contributed by atoms with Crippen molar-refractivity contribution in [3.63, 3.8) is 0 Å². The van der Waals surface area contributed by atoms with E-state index in [2.05, 4.69) is 84.6 Å². The summed E-state index contributed by atoms with van der Waals surface area (Å²) in [5.41, 5.74) is 5.12. The number of nitrogens with one attached hydrogen (secondary N) is 2. The van der Waals surface area contributed by atoms with Gasteiger partial charge in [-0.3, -0.25) is 18.7 Å². The Kier molecular flexibility index (Phi) is 18.0. The number of ether oxygens (including phenoxy) is 1. The van der Waals surface area contributed by atoms with Crippen molar-refractivity contribution < 1.29 is 71.0 Å². The Hall–Kier alpha value is -5.07. The average Bonchev–Trinajstić information content (AvgIpc) is 3.88. The molecule has 2 unspecified atom stereocenters. The fourth-order valence-corrected chi connectivity index (χ4v) is 12.4. The minimum absolute atomic E-state index is 0.0866. The number of imidazole rings is 1. The van der Waals surface area contributed by atoms with E-state index in [9.17, 15) is 43.3 Å². The lowest BCUT2D eigenvalue weighted by molar-refractivity contribution is -0.121. The van der Waals surface area contributed by atoms with Crippen LogP contribution in [-0.4, -0.2) is 146 Å². The van der Waals surface area contributed by atoms with Gasteiger partial charge in [0.05, 0.1) is 12.9 Å². The minimum atomic E-state index is -5.77. The molecule has 0 saturated carbocycles. The lowest BCUT2D eigenvalue weighted by atomic mass is 9.91. The molecule has 24 nitrogen and oxygen atoms in total. The number of carbonyl (C=O) groups is 2. The first-order valence-corrected chi connectivity index (χ1v) is 28.4. The number of carbonyl (C=O) groups excluding carboxylic acids is 2. The van der Waals surface area contributed by atoms with Crippen LogP contribution in [0.25, 0.3) is 42.8 Å². The lowest BCUT2D eigenvalue weighted by Crippen LogP contribution is -2.33. The van der Waals surface area contributed by atoms with Gasteiger partial charge in [-0.15, -0.1) is 11.3 Å². The number of benzene rings is 3. The van der Waals surface area contributed by atoms with Gasteiger partial charge in [0, 0.05) is 91.1 Å². The highest BCUT2D eigenvalue weighted by molar-refractivity contribution is 7.66. The number of aliphatic hydroxyl groups excluding tert-OH is 2. The Morgan fingerprint density at radius 1 is 0.849 bits per heavy atom. The number of fused-ring (bicyclic) bond motifs is 3. The summed E-state index contributed by atoms with van der Waals surface area (Å²) in [5.74, 6) is 0.168. The summed E-state index contributed by atoms with van der Waals surface area (Å²) in [6, 6.07) is 20.6. The second-order valence-electron chi connectivity index (χ2n) is 17.7. The molecule has 28 heteroatoms. The number of rotatable bonds is 23. The predicted octanol–water partition coefficient (Wildman–Crippen LogP) is 4.51. The third-order valence-corrected chi connectivity index (χ3v) is 16.8. The van der Waals surface area contributed by atoms with Gasteiger partial charge in [0.2, 0.25) is 11.3 Å². The molecule has 8 N–H and O–H groups in total. The second kappa shape index (κ2) is 23.6. The molecule has 4 heterocycles. The molecule has 0 bridgehead atoms. The number of phosphoric acid groups is 3. The standard InChI is InChI=1S/C45H58N9O15P3S/c1-51(2)28-16-18-32-35(23-28)73-36-24-29(52(3)4)17-19-33(36)38(32)30-13-8-9-14-31(30)44(58)53(5)22-12-15-37(55)46-20-10-6-7-11-21-47-42-39-43(49-26-48-42)54(27-50-39)45-41(57)40(56)34(67-45)25-66-71(62,63)69-72(64,65)68-70(59,60)61/h8-9,13-14,16-19,23-24,26-27,34,40-41,45,56-57H,6-7,10-12,15,20-22,25H2,1-5H3,(H5-,46,47,48,49,55,59,60,61,62,63,64,65)/p+1/t34-,40-,41-,45-/m1/s1. The minimum Gasteiger partial charge on any atom is -0.387 e. The van der Waals surface area contributed by atoms with Crippen molar-refractivity contribution in [2.45, 2.75) is 63.1 Å². The first-order valence-electron chi connectivity index (χ1n) is 23.0. The van der Waals surface area contributed by atoms with Gasteiger partial charge in [0.15, 0.2) is 23.2 Å². The summed E-state index contributed by atoms with van der Waals surface area (Å²) in [5, 5.41) is 29.7. The number of amides is 2. The molecule has 1 fully saturated rings. The maximum absolute atomic E-state index is 14.1. The molecule has 0 radical (unpaired) electrons. The van der Waals surface area contributed by atoms with Crippen LogP contribution in [0.3, 0.4) is 0 Å². The van der Waals surface area contributed by atoms with Crippen LogP contribution < -0.4 is 25.5 Å². The molecule has 2 aliphatic heterocycles. The zero-order chi connectivity index (χ0) is 52.8. The second-order valence-corrected chi connectivity index (χ2v) is 23.2. The molecule has 394 valence electrons. The molecule has 0 spiro atoms. The highest BCUT2D eigenvalue weighted by Crippen LogP contribution is 2.66. The molecule has 73 heavy (non-hydrogen) atoms. The quantitative estimate of drug-likeness (QED) is 0.0189. The number of aliphatic hydroxyl groups is 2. The molecular weight excluding hydrogens is 1030 g/mol. The van der Waals surface area contributed by atoms with Gasteiger partial charge in [-0.05, 0) is 54.7 Å². The summed E-state index contributed by atoms with van der Waals surface area (Å²) >= 11 is 1.73. The van der Waals surface area contributed by atoms with Crippen molar-refractivity contribution in [3.05, 3.63) is 84.2 Å². The summed E-state index contributed by atoms with van der Waals surface area (Å²) in [4.78, 5) is 81.2. The monoisotopic (exact) mass is 1090 g/mol. The highest BCUT2D eigenvalue weighted by Gasteiger charge is 2.47. The topological polar surface area (TPSA) is 321 Å². The number of anilines is 2. The number of phosphoric ester groups is 1. The fourth-order valence-electron chi connectivity index (χ4n) is 8.25. The average molecular weight is 1090 g/mol. The van der Waals surface area contributed by atoms with E-state index in [1.54, 1.807) is 23.3 Å². The van der Waals surface area contributed by atoms with Crippen LogP contribution in [0.5, 0.6) is 0 Å². The van der Waals surface area contributed by atoms with Gasteiger partial charge in [-0.1, -0.05) is 37.1 Å². The van der Waals surface area contributed by atoms with Crippen LogP contribution in [0.2, 0.25) is 0 Å². The number of unbranched alkanes of at least 4 members (excludes halogenated alkanes) is 3. The third kappa shape index (κ3) is 14.0.